The molecule has 1 saturated carbocycles. The first kappa shape index (κ1) is 23.0. The fourth-order valence-corrected chi connectivity index (χ4v) is 5.54. The van der Waals surface area contributed by atoms with Gasteiger partial charge in [0.05, 0.1) is 35.2 Å². The molecule has 0 aliphatic heterocycles. The summed E-state index contributed by atoms with van der Waals surface area (Å²) < 4.78 is 2.25. The van der Waals surface area contributed by atoms with Gasteiger partial charge in [0.15, 0.2) is 16.6 Å². The maximum Gasteiger partial charge on any atom is 0.280 e. The van der Waals surface area contributed by atoms with E-state index in [0.29, 0.717) is 15.7 Å². The van der Waals surface area contributed by atoms with E-state index < -0.39 is 0 Å². The van der Waals surface area contributed by atoms with Gasteiger partial charge < -0.3 is 9.88 Å². The van der Waals surface area contributed by atoms with E-state index in [9.17, 15) is 4.79 Å². The van der Waals surface area contributed by atoms with Crippen molar-refractivity contribution < 1.29 is 4.79 Å². The quantitative estimate of drug-likeness (QED) is 0.359. The predicted molar refractivity (Wildman–Crippen MR) is 139 cm³/mol. The molecule has 10 nitrogen and oxygen atoms in total. The highest BCUT2D eigenvalue weighted by atomic mass is 32.1. The molecule has 0 aromatic carbocycles. The highest BCUT2D eigenvalue weighted by Gasteiger charge is 2.29. The van der Waals surface area contributed by atoms with Crippen LogP contribution in [0.2, 0.25) is 0 Å². The minimum atomic E-state index is -0.190. The summed E-state index contributed by atoms with van der Waals surface area (Å²) in [5, 5.41) is 12.0. The number of hydrogen-bond donors (Lipinski definition) is 1. The highest BCUT2D eigenvalue weighted by Crippen LogP contribution is 2.36. The minimum Gasteiger partial charge on any atom is -0.347 e. The van der Waals surface area contributed by atoms with E-state index in [4.69, 9.17) is 11.4 Å². The second-order valence-electron chi connectivity index (χ2n) is 8.99. The summed E-state index contributed by atoms with van der Waals surface area (Å²) in [6.45, 7) is 2.03. The van der Waals surface area contributed by atoms with Crippen molar-refractivity contribution in [3.8, 4) is 29.7 Å². The number of terminal acetylenes is 1. The number of aryl methyl sites for hydroxylation is 1. The Kier molecular flexibility index (Phi) is 5.94. The highest BCUT2D eigenvalue weighted by molar-refractivity contribution is 7.14. The third kappa shape index (κ3) is 4.36. The van der Waals surface area contributed by atoms with Crippen LogP contribution in [0, 0.1) is 19.3 Å². The Morgan fingerprint density at radius 1 is 1.16 bits per heavy atom. The van der Waals surface area contributed by atoms with E-state index >= 15 is 0 Å². The first-order chi connectivity index (χ1) is 18.1. The van der Waals surface area contributed by atoms with Crippen molar-refractivity contribution in [3.05, 3.63) is 64.6 Å². The standard InChI is InChI=1S/C26H23N9OS/c1-3-19-14-29-26(37-19)25(36)32-17-7-4-8-18(12-17)34-21-13-22(35-30-10-11-31-35)28-15-20(21)33-24(34)23-16(2)6-5-9-27-23/h1,5-6,9-11,13-15,17-18H,4,7-8,12H2,2H3,(H,32,36). The summed E-state index contributed by atoms with van der Waals surface area (Å²) in [4.78, 5) is 33.3. The van der Waals surface area contributed by atoms with Gasteiger partial charge in [-0.3, -0.25) is 9.78 Å². The molecule has 11 heteroatoms. The summed E-state index contributed by atoms with van der Waals surface area (Å²) in [7, 11) is 0. The SMILES string of the molecule is C#Cc1cnc(C(=O)NC2CCCC(n3c(-c4ncccc4C)nc4cnc(-n5nccn5)cc43)C2)s1. The lowest BCUT2D eigenvalue weighted by atomic mass is 9.90. The van der Waals surface area contributed by atoms with Gasteiger partial charge >= 0.3 is 0 Å². The van der Waals surface area contributed by atoms with Gasteiger partial charge in [-0.05, 0) is 44.2 Å². The Morgan fingerprint density at radius 3 is 2.81 bits per heavy atom. The fourth-order valence-electron chi connectivity index (χ4n) is 4.91. The van der Waals surface area contributed by atoms with Gasteiger partial charge in [0.1, 0.15) is 11.2 Å². The first-order valence-corrected chi connectivity index (χ1v) is 12.8. The van der Waals surface area contributed by atoms with Gasteiger partial charge in [-0.25, -0.2) is 15.0 Å². The van der Waals surface area contributed by atoms with Crippen molar-refractivity contribution in [2.75, 3.05) is 0 Å². The second-order valence-corrected chi connectivity index (χ2v) is 10.0. The number of imidazole rings is 1. The molecule has 6 rings (SSSR count). The maximum absolute atomic E-state index is 12.9. The number of pyridine rings is 2. The lowest BCUT2D eigenvalue weighted by Gasteiger charge is -2.32. The van der Waals surface area contributed by atoms with E-state index in [1.54, 1.807) is 31.0 Å². The van der Waals surface area contributed by atoms with E-state index in [2.05, 4.69) is 41.0 Å². The molecule has 1 N–H and O–H groups in total. The number of carbonyl (C=O) groups excluding carboxylic acids is 1. The summed E-state index contributed by atoms with van der Waals surface area (Å²) in [6, 6.07) is 6.01. The molecule has 2 atom stereocenters. The lowest BCUT2D eigenvalue weighted by Crippen LogP contribution is -2.39. The molecular formula is C26H23N9OS. The van der Waals surface area contributed by atoms with Gasteiger partial charge in [-0.2, -0.15) is 10.2 Å². The van der Waals surface area contributed by atoms with E-state index in [-0.39, 0.29) is 18.0 Å². The van der Waals surface area contributed by atoms with Crippen molar-refractivity contribution >= 4 is 28.3 Å². The molecular weight excluding hydrogens is 486 g/mol. The molecule has 0 radical (unpaired) electrons. The van der Waals surface area contributed by atoms with E-state index in [1.165, 1.54) is 16.1 Å². The third-order valence-electron chi connectivity index (χ3n) is 6.60. The summed E-state index contributed by atoms with van der Waals surface area (Å²) in [5.74, 6) is 3.74. The average molecular weight is 510 g/mol. The molecule has 184 valence electrons. The average Bonchev–Trinajstić information content (AvgIpc) is 3.68. The van der Waals surface area contributed by atoms with Crippen LogP contribution in [0.1, 0.15) is 52.0 Å². The van der Waals surface area contributed by atoms with E-state index in [0.717, 1.165) is 53.8 Å². The summed E-state index contributed by atoms with van der Waals surface area (Å²) >= 11 is 1.23. The van der Waals surface area contributed by atoms with Crippen molar-refractivity contribution in [1.82, 2.24) is 44.8 Å². The molecule has 0 bridgehead atoms. The number of carbonyl (C=O) groups is 1. The molecule has 1 aliphatic carbocycles. The lowest BCUT2D eigenvalue weighted by molar-refractivity contribution is 0.0920. The van der Waals surface area contributed by atoms with Gasteiger partial charge in [-0.1, -0.05) is 12.0 Å². The Morgan fingerprint density at radius 2 is 2.03 bits per heavy atom. The van der Waals surface area contributed by atoms with Gasteiger partial charge in [0.25, 0.3) is 5.91 Å². The number of fused-ring (bicyclic) bond motifs is 1. The molecule has 1 fully saturated rings. The van der Waals surface area contributed by atoms with Crippen LogP contribution in [0.5, 0.6) is 0 Å². The predicted octanol–water partition coefficient (Wildman–Crippen LogP) is 3.73. The van der Waals surface area contributed by atoms with Crippen molar-refractivity contribution in [3.63, 3.8) is 0 Å². The van der Waals surface area contributed by atoms with Crippen LogP contribution in [0.25, 0.3) is 28.4 Å². The fraction of sp³-hybridized carbons (Fsp3) is 0.269. The number of aromatic nitrogens is 8. The van der Waals surface area contributed by atoms with Gasteiger partial charge in [0, 0.05) is 24.3 Å². The summed E-state index contributed by atoms with van der Waals surface area (Å²) in [6.07, 6.45) is 17.3. The van der Waals surface area contributed by atoms with Crippen LogP contribution >= 0.6 is 11.3 Å². The first-order valence-electron chi connectivity index (χ1n) is 12.0. The number of nitrogens with one attached hydrogen (secondary N) is 1. The molecule has 1 aliphatic rings. The normalized spacial score (nSPS) is 17.5. The zero-order valence-electron chi connectivity index (χ0n) is 20.1. The molecule has 1 amide bonds. The number of amides is 1. The molecule has 2 unspecified atom stereocenters. The van der Waals surface area contributed by atoms with E-state index in [1.807, 2.05) is 25.1 Å². The third-order valence-corrected chi connectivity index (χ3v) is 7.52. The molecule has 37 heavy (non-hydrogen) atoms. The zero-order valence-corrected chi connectivity index (χ0v) is 20.9. The monoisotopic (exact) mass is 509 g/mol. The van der Waals surface area contributed by atoms with Crippen LogP contribution in [-0.2, 0) is 0 Å². The van der Waals surface area contributed by atoms with Crippen LogP contribution < -0.4 is 5.32 Å². The Labute approximate surface area is 216 Å². The molecule has 5 aromatic rings. The van der Waals surface area contributed by atoms with Crippen LogP contribution in [0.3, 0.4) is 0 Å². The largest absolute Gasteiger partial charge is 0.347 e. The van der Waals surface area contributed by atoms with Crippen LogP contribution in [0.15, 0.2) is 49.2 Å². The molecule has 0 spiro atoms. The Hall–Kier alpha value is -4.43. The topological polar surface area (TPSA) is 116 Å². The number of nitrogens with zero attached hydrogens (tertiary/aromatic N) is 8. The van der Waals surface area contributed by atoms with Crippen molar-refractivity contribution in [1.29, 1.82) is 0 Å². The second kappa shape index (κ2) is 9.55. The van der Waals surface area contributed by atoms with Gasteiger partial charge in [0.2, 0.25) is 0 Å². The van der Waals surface area contributed by atoms with Crippen molar-refractivity contribution in [2.45, 2.75) is 44.7 Å². The molecule has 0 saturated heterocycles. The summed E-state index contributed by atoms with van der Waals surface area (Å²) in [5.41, 5.74) is 3.56. The number of hydrogen-bond acceptors (Lipinski definition) is 8. The van der Waals surface area contributed by atoms with Gasteiger partial charge in [-0.15, -0.1) is 22.6 Å². The Balaban J connectivity index is 1.38. The maximum atomic E-state index is 12.9. The van der Waals surface area contributed by atoms with Crippen molar-refractivity contribution in [2.24, 2.45) is 0 Å². The minimum absolute atomic E-state index is 0.00588. The van der Waals surface area contributed by atoms with Crippen LogP contribution in [-0.4, -0.2) is 51.4 Å². The van der Waals surface area contributed by atoms with Crippen LogP contribution in [0.4, 0.5) is 0 Å². The smallest absolute Gasteiger partial charge is 0.280 e. The Bertz CT molecular complexity index is 1630. The molecule has 5 aromatic heterocycles. The zero-order chi connectivity index (χ0) is 25.4. The number of thiazole rings is 1. The molecule has 5 heterocycles. The number of rotatable bonds is 5.